The molecule has 1 rings (SSSR count). The van der Waals surface area contributed by atoms with Gasteiger partial charge >= 0.3 is 5.97 Å². The molecule has 0 radical (unpaired) electrons. The predicted molar refractivity (Wildman–Crippen MR) is 64.9 cm³/mol. The van der Waals surface area contributed by atoms with Crippen LogP contribution in [0.4, 0.5) is 11.4 Å². The Morgan fingerprint density at radius 1 is 1.32 bits per heavy atom. The summed E-state index contributed by atoms with van der Waals surface area (Å²) in [7, 11) is 0. The first-order valence-electron chi connectivity index (χ1n) is 5.15. The summed E-state index contributed by atoms with van der Waals surface area (Å²) in [6.07, 6.45) is 1.11. The summed E-state index contributed by atoms with van der Waals surface area (Å²) in [5, 5.41) is 30.9. The summed E-state index contributed by atoms with van der Waals surface area (Å²) < 4.78 is 0. The SMILES string of the molecule is C=CCC(C(=O)O)c1c([N+](=O)[O-])cccc1[N+](=O)[O-]. The van der Waals surface area contributed by atoms with E-state index in [9.17, 15) is 25.0 Å². The van der Waals surface area contributed by atoms with E-state index in [1.54, 1.807) is 0 Å². The lowest BCUT2D eigenvalue weighted by atomic mass is 9.92. The number of benzene rings is 1. The van der Waals surface area contributed by atoms with E-state index in [0.717, 1.165) is 18.2 Å². The van der Waals surface area contributed by atoms with Crippen molar-refractivity contribution in [1.82, 2.24) is 0 Å². The molecule has 1 aromatic rings. The molecule has 8 heteroatoms. The molecule has 1 atom stereocenters. The zero-order chi connectivity index (χ0) is 14.6. The van der Waals surface area contributed by atoms with Gasteiger partial charge in [0.2, 0.25) is 0 Å². The smallest absolute Gasteiger partial charge is 0.311 e. The van der Waals surface area contributed by atoms with E-state index in [2.05, 4.69) is 6.58 Å². The van der Waals surface area contributed by atoms with Crippen LogP contribution < -0.4 is 0 Å². The second-order valence-corrected chi connectivity index (χ2v) is 3.64. The Hall–Kier alpha value is -2.77. The molecule has 8 nitrogen and oxygen atoms in total. The largest absolute Gasteiger partial charge is 0.481 e. The van der Waals surface area contributed by atoms with Crippen molar-refractivity contribution < 1.29 is 19.7 Å². The molecule has 1 N–H and O–H groups in total. The summed E-state index contributed by atoms with van der Waals surface area (Å²) >= 11 is 0. The molecular formula is C11H10N2O6. The van der Waals surface area contributed by atoms with Gasteiger partial charge in [0.25, 0.3) is 11.4 Å². The predicted octanol–water partition coefficient (Wildman–Crippen LogP) is 2.25. The monoisotopic (exact) mass is 266 g/mol. The highest BCUT2D eigenvalue weighted by Crippen LogP contribution is 2.36. The topological polar surface area (TPSA) is 124 Å². The van der Waals surface area contributed by atoms with Crippen LogP contribution >= 0.6 is 0 Å². The lowest BCUT2D eigenvalue weighted by Crippen LogP contribution is -2.14. The summed E-state index contributed by atoms with van der Waals surface area (Å²) in [6, 6.07) is 3.23. The van der Waals surface area contributed by atoms with Crippen LogP contribution in [0.15, 0.2) is 30.9 Å². The molecular weight excluding hydrogens is 256 g/mol. The minimum atomic E-state index is -1.38. The number of hydrogen-bond acceptors (Lipinski definition) is 5. The van der Waals surface area contributed by atoms with Gasteiger partial charge in [0.1, 0.15) is 5.56 Å². The zero-order valence-corrected chi connectivity index (χ0v) is 9.68. The molecule has 0 aliphatic rings. The highest BCUT2D eigenvalue weighted by Gasteiger charge is 2.34. The Morgan fingerprint density at radius 3 is 2.11 bits per heavy atom. The molecule has 0 aliphatic heterocycles. The van der Waals surface area contributed by atoms with E-state index >= 15 is 0 Å². The van der Waals surface area contributed by atoms with Crippen LogP contribution in [0.1, 0.15) is 17.9 Å². The third-order valence-corrected chi connectivity index (χ3v) is 2.50. The summed E-state index contributed by atoms with van der Waals surface area (Å²) in [6.45, 7) is 3.35. The van der Waals surface area contributed by atoms with Crippen LogP contribution in [0, 0.1) is 20.2 Å². The molecule has 0 heterocycles. The van der Waals surface area contributed by atoms with E-state index in [1.165, 1.54) is 6.08 Å². The highest BCUT2D eigenvalue weighted by molar-refractivity contribution is 5.80. The number of aliphatic carboxylic acids is 1. The molecule has 0 spiro atoms. The number of carbonyl (C=O) groups is 1. The Bertz CT molecular complexity index is 522. The number of nitro groups is 2. The number of nitrogens with zero attached hydrogens (tertiary/aromatic N) is 2. The van der Waals surface area contributed by atoms with Gasteiger partial charge in [-0.25, -0.2) is 0 Å². The number of carboxylic acids is 1. The number of rotatable bonds is 6. The lowest BCUT2D eigenvalue weighted by Gasteiger charge is -2.11. The second kappa shape index (κ2) is 5.71. The van der Waals surface area contributed by atoms with Crippen LogP contribution in [0.25, 0.3) is 0 Å². The van der Waals surface area contributed by atoms with Gasteiger partial charge < -0.3 is 5.11 Å². The average Bonchev–Trinajstić information content (AvgIpc) is 2.34. The Kier molecular flexibility index (Phi) is 4.30. The third kappa shape index (κ3) is 2.92. The van der Waals surface area contributed by atoms with E-state index in [1.807, 2.05) is 0 Å². The summed E-state index contributed by atoms with van der Waals surface area (Å²) in [5.41, 5.74) is -1.57. The Morgan fingerprint density at radius 2 is 1.79 bits per heavy atom. The van der Waals surface area contributed by atoms with Crippen molar-refractivity contribution in [2.24, 2.45) is 0 Å². The Labute approximate surface area is 107 Å². The summed E-state index contributed by atoms with van der Waals surface area (Å²) in [4.78, 5) is 31.3. The molecule has 0 saturated carbocycles. The number of hydrogen-bond donors (Lipinski definition) is 1. The molecule has 0 saturated heterocycles. The van der Waals surface area contributed by atoms with Crippen molar-refractivity contribution in [2.45, 2.75) is 12.3 Å². The average molecular weight is 266 g/mol. The minimum Gasteiger partial charge on any atom is -0.481 e. The molecule has 0 amide bonds. The fraction of sp³-hybridized carbons (Fsp3) is 0.182. The van der Waals surface area contributed by atoms with Gasteiger partial charge in [-0.3, -0.25) is 25.0 Å². The molecule has 0 bridgehead atoms. The van der Waals surface area contributed by atoms with Crippen LogP contribution in [0.5, 0.6) is 0 Å². The van der Waals surface area contributed by atoms with Crippen LogP contribution in [0.2, 0.25) is 0 Å². The number of nitro benzene ring substituents is 2. The van der Waals surface area contributed by atoms with Crippen molar-refractivity contribution in [3.63, 3.8) is 0 Å². The van der Waals surface area contributed by atoms with Crippen molar-refractivity contribution in [3.8, 4) is 0 Å². The van der Waals surface area contributed by atoms with E-state index in [-0.39, 0.29) is 6.42 Å². The van der Waals surface area contributed by atoms with E-state index in [4.69, 9.17) is 5.11 Å². The molecule has 0 fully saturated rings. The number of allylic oxidation sites excluding steroid dienone is 1. The standard InChI is InChI=1S/C11H10N2O6/c1-2-4-7(11(14)15)10-8(12(16)17)5-3-6-9(10)13(18)19/h2-3,5-7H,1,4H2,(H,14,15). The molecule has 100 valence electrons. The molecule has 0 aromatic heterocycles. The van der Waals surface area contributed by atoms with Crippen molar-refractivity contribution in [1.29, 1.82) is 0 Å². The van der Waals surface area contributed by atoms with Crippen LogP contribution in [0.3, 0.4) is 0 Å². The summed E-state index contributed by atoms with van der Waals surface area (Å²) in [5.74, 6) is -2.75. The van der Waals surface area contributed by atoms with Gasteiger partial charge in [-0.15, -0.1) is 6.58 Å². The van der Waals surface area contributed by atoms with Gasteiger partial charge in [-0.1, -0.05) is 6.08 Å². The zero-order valence-electron chi connectivity index (χ0n) is 9.68. The van der Waals surface area contributed by atoms with Gasteiger partial charge in [0, 0.05) is 12.1 Å². The maximum absolute atomic E-state index is 11.1. The maximum atomic E-state index is 11.1. The van der Waals surface area contributed by atoms with Crippen molar-refractivity contribution in [3.05, 3.63) is 56.6 Å². The molecule has 19 heavy (non-hydrogen) atoms. The van der Waals surface area contributed by atoms with Gasteiger partial charge in [0.05, 0.1) is 15.8 Å². The quantitative estimate of drug-likeness (QED) is 0.478. The van der Waals surface area contributed by atoms with Crippen molar-refractivity contribution in [2.75, 3.05) is 0 Å². The second-order valence-electron chi connectivity index (χ2n) is 3.64. The molecule has 1 aromatic carbocycles. The van der Waals surface area contributed by atoms with Gasteiger partial charge in [-0.2, -0.15) is 0 Å². The Balaban J connectivity index is 3.59. The van der Waals surface area contributed by atoms with Crippen molar-refractivity contribution >= 4 is 17.3 Å². The number of carboxylic acid groups (broad SMARTS) is 1. The van der Waals surface area contributed by atoms with Crippen LogP contribution in [-0.2, 0) is 4.79 Å². The first-order valence-corrected chi connectivity index (χ1v) is 5.15. The van der Waals surface area contributed by atoms with E-state index < -0.39 is 38.7 Å². The maximum Gasteiger partial charge on any atom is 0.311 e. The normalized spacial score (nSPS) is 11.6. The minimum absolute atomic E-state index is 0.138. The molecule has 0 aliphatic carbocycles. The van der Waals surface area contributed by atoms with Gasteiger partial charge in [-0.05, 0) is 12.5 Å². The first-order chi connectivity index (χ1) is 8.90. The lowest BCUT2D eigenvalue weighted by molar-refractivity contribution is -0.395. The first kappa shape index (κ1) is 14.3. The molecule has 1 unspecified atom stereocenters. The fourth-order valence-electron chi connectivity index (χ4n) is 1.73. The van der Waals surface area contributed by atoms with E-state index in [0.29, 0.717) is 0 Å². The fourth-order valence-corrected chi connectivity index (χ4v) is 1.73. The highest BCUT2D eigenvalue weighted by atomic mass is 16.6. The van der Waals surface area contributed by atoms with Crippen LogP contribution in [-0.4, -0.2) is 20.9 Å². The third-order valence-electron chi connectivity index (χ3n) is 2.50. The van der Waals surface area contributed by atoms with Gasteiger partial charge in [0.15, 0.2) is 0 Å².